The lowest BCUT2D eigenvalue weighted by molar-refractivity contribution is 0.300. The van der Waals surface area contributed by atoms with Gasteiger partial charge in [-0.15, -0.1) is 0 Å². The average Bonchev–Trinajstić information content (AvgIpc) is 2.47. The fraction of sp³-hybridized carbons (Fsp3) is 0.294. The van der Waals surface area contributed by atoms with E-state index in [0.29, 0.717) is 12.3 Å². The number of aryl methyl sites for hydroxylation is 1. The van der Waals surface area contributed by atoms with Crippen molar-refractivity contribution in [1.29, 1.82) is 0 Å². The summed E-state index contributed by atoms with van der Waals surface area (Å²) in [4.78, 5) is 0. The molecule has 0 saturated heterocycles. The molecule has 0 atom stereocenters. The van der Waals surface area contributed by atoms with Gasteiger partial charge in [0.1, 0.15) is 24.0 Å². The summed E-state index contributed by atoms with van der Waals surface area (Å²) in [5.74, 6) is 0.0318. The average molecular weight is 291 g/mol. The molecule has 2 nitrogen and oxygen atoms in total. The summed E-state index contributed by atoms with van der Waals surface area (Å²) in [5.41, 5.74) is 2.51. The van der Waals surface area contributed by atoms with Crippen LogP contribution in [0.15, 0.2) is 36.4 Å². The van der Waals surface area contributed by atoms with Crippen LogP contribution in [0.25, 0.3) is 0 Å². The van der Waals surface area contributed by atoms with Crippen molar-refractivity contribution in [3.8, 4) is 5.75 Å². The van der Waals surface area contributed by atoms with Crippen LogP contribution in [0.3, 0.4) is 0 Å². The van der Waals surface area contributed by atoms with Gasteiger partial charge in [-0.25, -0.2) is 8.78 Å². The first-order valence-electron chi connectivity index (χ1n) is 6.97. The Hall–Kier alpha value is -1.94. The molecule has 0 aliphatic heterocycles. The molecule has 0 fully saturated rings. The first kappa shape index (κ1) is 15.4. The molecule has 0 aliphatic rings. The van der Waals surface area contributed by atoms with Crippen LogP contribution in [0.4, 0.5) is 8.78 Å². The molecule has 0 saturated carbocycles. The first-order valence-corrected chi connectivity index (χ1v) is 6.97. The molecule has 0 radical (unpaired) electrons. The van der Waals surface area contributed by atoms with Gasteiger partial charge in [-0.1, -0.05) is 13.0 Å². The van der Waals surface area contributed by atoms with E-state index >= 15 is 0 Å². The molecule has 2 aromatic rings. The third-order valence-electron chi connectivity index (χ3n) is 3.28. The number of hydrogen-bond donors (Lipinski definition) is 1. The van der Waals surface area contributed by atoms with Crippen molar-refractivity contribution in [2.24, 2.45) is 0 Å². The Morgan fingerprint density at radius 3 is 2.38 bits per heavy atom. The molecule has 21 heavy (non-hydrogen) atoms. The van der Waals surface area contributed by atoms with E-state index < -0.39 is 0 Å². The molecule has 1 N–H and O–H groups in total. The summed E-state index contributed by atoms with van der Waals surface area (Å²) < 4.78 is 32.3. The molecule has 2 aromatic carbocycles. The summed E-state index contributed by atoms with van der Waals surface area (Å²) in [7, 11) is 0. The fourth-order valence-electron chi connectivity index (χ4n) is 2.04. The maximum atomic E-state index is 13.3. The van der Waals surface area contributed by atoms with E-state index in [4.69, 9.17) is 4.74 Å². The van der Waals surface area contributed by atoms with Gasteiger partial charge in [0.05, 0.1) is 0 Å². The van der Waals surface area contributed by atoms with Gasteiger partial charge in [-0.05, 0) is 54.9 Å². The Kier molecular flexibility index (Phi) is 5.28. The van der Waals surface area contributed by atoms with Crippen molar-refractivity contribution in [3.63, 3.8) is 0 Å². The molecule has 0 aliphatic carbocycles. The molecular weight excluding hydrogens is 272 g/mol. The maximum absolute atomic E-state index is 13.3. The van der Waals surface area contributed by atoms with E-state index in [1.54, 1.807) is 12.1 Å². The number of benzene rings is 2. The smallest absolute Gasteiger partial charge is 0.124 e. The van der Waals surface area contributed by atoms with E-state index in [9.17, 15) is 8.78 Å². The highest BCUT2D eigenvalue weighted by molar-refractivity contribution is 5.35. The molecule has 2 rings (SSSR count). The predicted molar refractivity (Wildman–Crippen MR) is 79.2 cm³/mol. The summed E-state index contributed by atoms with van der Waals surface area (Å²) in [6, 6.07) is 9.03. The summed E-state index contributed by atoms with van der Waals surface area (Å²) in [5, 5.41) is 3.14. The van der Waals surface area contributed by atoms with E-state index in [0.717, 1.165) is 23.2 Å². The second-order valence-corrected chi connectivity index (χ2v) is 4.89. The molecule has 0 heterocycles. The normalized spacial score (nSPS) is 10.7. The van der Waals surface area contributed by atoms with Gasteiger partial charge in [0.2, 0.25) is 0 Å². The molecular formula is C17H19F2NO. The van der Waals surface area contributed by atoms with Crippen molar-refractivity contribution in [2.75, 3.05) is 6.54 Å². The zero-order chi connectivity index (χ0) is 15.2. The molecule has 0 unspecified atom stereocenters. The molecule has 0 aromatic heterocycles. The van der Waals surface area contributed by atoms with Crippen molar-refractivity contribution in [1.82, 2.24) is 5.32 Å². The van der Waals surface area contributed by atoms with Gasteiger partial charge < -0.3 is 10.1 Å². The van der Waals surface area contributed by atoms with E-state index in [1.807, 2.05) is 13.8 Å². The highest BCUT2D eigenvalue weighted by Crippen LogP contribution is 2.22. The van der Waals surface area contributed by atoms with Gasteiger partial charge in [-0.2, -0.15) is 0 Å². The SMILES string of the molecule is CCNCc1cc(F)ccc1OCc1cc(F)ccc1C. The third-order valence-corrected chi connectivity index (χ3v) is 3.28. The van der Waals surface area contributed by atoms with Crippen LogP contribution in [0, 0.1) is 18.6 Å². The number of nitrogens with one attached hydrogen (secondary N) is 1. The van der Waals surface area contributed by atoms with Crippen LogP contribution >= 0.6 is 0 Å². The highest BCUT2D eigenvalue weighted by atomic mass is 19.1. The molecule has 0 amide bonds. The number of hydrogen-bond acceptors (Lipinski definition) is 2. The van der Waals surface area contributed by atoms with Gasteiger partial charge in [0.25, 0.3) is 0 Å². The number of ether oxygens (including phenoxy) is 1. The van der Waals surface area contributed by atoms with Crippen LogP contribution in [0.2, 0.25) is 0 Å². The monoisotopic (exact) mass is 291 g/mol. The van der Waals surface area contributed by atoms with Crippen molar-refractivity contribution in [3.05, 3.63) is 64.7 Å². The van der Waals surface area contributed by atoms with Gasteiger partial charge in [0, 0.05) is 12.1 Å². The van der Waals surface area contributed by atoms with Crippen LogP contribution in [0.5, 0.6) is 5.75 Å². The molecule has 0 bridgehead atoms. The molecule has 4 heteroatoms. The Bertz CT molecular complexity index is 614. The van der Waals surface area contributed by atoms with Crippen LogP contribution in [-0.4, -0.2) is 6.54 Å². The third kappa shape index (κ3) is 4.26. The second-order valence-electron chi connectivity index (χ2n) is 4.89. The Labute approximate surface area is 123 Å². The van der Waals surface area contributed by atoms with Gasteiger partial charge in [0.15, 0.2) is 0 Å². The van der Waals surface area contributed by atoms with Crippen molar-refractivity contribution in [2.45, 2.75) is 27.0 Å². The minimum absolute atomic E-state index is 0.258. The lowest BCUT2D eigenvalue weighted by Gasteiger charge is -2.13. The topological polar surface area (TPSA) is 21.3 Å². The zero-order valence-electron chi connectivity index (χ0n) is 12.2. The maximum Gasteiger partial charge on any atom is 0.124 e. The Balaban J connectivity index is 2.13. The fourth-order valence-corrected chi connectivity index (χ4v) is 2.04. The summed E-state index contributed by atoms with van der Waals surface area (Å²) in [6.07, 6.45) is 0. The van der Waals surface area contributed by atoms with Crippen LogP contribution < -0.4 is 10.1 Å². The number of halogens is 2. The van der Waals surface area contributed by atoms with E-state index in [2.05, 4.69) is 5.32 Å². The summed E-state index contributed by atoms with van der Waals surface area (Å²) in [6.45, 7) is 5.47. The zero-order valence-corrected chi connectivity index (χ0v) is 12.2. The van der Waals surface area contributed by atoms with Gasteiger partial charge in [-0.3, -0.25) is 0 Å². The first-order chi connectivity index (χ1) is 10.1. The van der Waals surface area contributed by atoms with Crippen LogP contribution in [0.1, 0.15) is 23.6 Å². The predicted octanol–water partition coefficient (Wildman–Crippen LogP) is 3.96. The minimum atomic E-state index is -0.294. The summed E-state index contributed by atoms with van der Waals surface area (Å²) >= 11 is 0. The minimum Gasteiger partial charge on any atom is -0.489 e. The van der Waals surface area contributed by atoms with Gasteiger partial charge >= 0.3 is 0 Å². The highest BCUT2D eigenvalue weighted by Gasteiger charge is 2.07. The van der Waals surface area contributed by atoms with Crippen molar-refractivity contribution >= 4 is 0 Å². The second kappa shape index (κ2) is 7.18. The largest absolute Gasteiger partial charge is 0.489 e. The standard InChI is InChI=1S/C17H19F2NO/c1-3-20-10-13-8-16(19)6-7-17(13)21-11-14-9-15(18)5-4-12(14)2/h4-9,20H,3,10-11H2,1-2H3. The molecule has 112 valence electrons. The quantitative estimate of drug-likeness (QED) is 0.869. The molecule has 0 spiro atoms. The lowest BCUT2D eigenvalue weighted by atomic mass is 10.1. The lowest BCUT2D eigenvalue weighted by Crippen LogP contribution is -2.13. The van der Waals surface area contributed by atoms with E-state index in [1.165, 1.54) is 24.3 Å². The Morgan fingerprint density at radius 2 is 1.67 bits per heavy atom. The van der Waals surface area contributed by atoms with Crippen LogP contribution in [-0.2, 0) is 13.2 Å². The number of rotatable bonds is 6. The van der Waals surface area contributed by atoms with E-state index in [-0.39, 0.29) is 18.2 Å². The van der Waals surface area contributed by atoms with Crippen molar-refractivity contribution < 1.29 is 13.5 Å². The Morgan fingerprint density at radius 1 is 1.00 bits per heavy atom.